The maximum atomic E-state index is 11.1. The fourth-order valence-corrected chi connectivity index (χ4v) is 1.41. The minimum Gasteiger partial charge on any atom is -0.459 e. The number of hydrogen-bond acceptors (Lipinski definition) is 5. The van der Waals surface area contributed by atoms with Crippen molar-refractivity contribution in [2.24, 2.45) is 0 Å². The predicted octanol–water partition coefficient (Wildman–Crippen LogP) is 3.23. The molecule has 19 heavy (non-hydrogen) atoms. The van der Waals surface area contributed by atoms with E-state index in [4.69, 9.17) is 9.47 Å². The Kier molecular flexibility index (Phi) is 11.9. The number of unbranched alkanes of at least 4 members (excludes halogenated alkanes) is 5. The monoisotopic (exact) mass is 272 g/mol. The van der Waals surface area contributed by atoms with Gasteiger partial charge in [0.15, 0.2) is 0 Å². The Bertz CT molecular complexity index is 263. The van der Waals surface area contributed by atoms with Crippen molar-refractivity contribution in [3.05, 3.63) is 12.7 Å². The molecule has 0 aliphatic heterocycles. The zero-order valence-corrected chi connectivity index (χ0v) is 11.7. The van der Waals surface area contributed by atoms with E-state index in [1.807, 2.05) is 0 Å². The number of rotatable bonds is 11. The van der Waals surface area contributed by atoms with Crippen molar-refractivity contribution >= 4 is 12.1 Å². The first-order valence-corrected chi connectivity index (χ1v) is 6.79. The Morgan fingerprint density at radius 2 is 1.47 bits per heavy atom. The van der Waals surface area contributed by atoms with Gasteiger partial charge < -0.3 is 14.2 Å². The summed E-state index contributed by atoms with van der Waals surface area (Å²) in [5.41, 5.74) is 0. The minimum absolute atomic E-state index is 0.00505. The first-order chi connectivity index (χ1) is 9.20. The van der Waals surface area contributed by atoms with E-state index in [1.54, 1.807) is 0 Å². The third-order valence-electron chi connectivity index (χ3n) is 2.43. The molecule has 0 amide bonds. The van der Waals surface area contributed by atoms with Gasteiger partial charge in [-0.15, -0.1) is 0 Å². The highest BCUT2D eigenvalue weighted by Gasteiger charge is 2.04. The van der Waals surface area contributed by atoms with Crippen molar-refractivity contribution < 1.29 is 23.8 Å². The number of carbonyl (C=O) groups excluding carboxylic acids is 2. The molecule has 0 aliphatic rings. The summed E-state index contributed by atoms with van der Waals surface area (Å²) in [4.78, 5) is 21.8. The van der Waals surface area contributed by atoms with Crippen LogP contribution in [0.3, 0.4) is 0 Å². The van der Waals surface area contributed by atoms with Gasteiger partial charge in [-0.05, 0) is 6.42 Å². The van der Waals surface area contributed by atoms with Crippen LogP contribution in [-0.2, 0) is 19.0 Å². The lowest BCUT2D eigenvalue weighted by atomic mass is 10.1. The average Bonchev–Trinajstić information content (AvgIpc) is 2.42. The summed E-state index contributed by atoms with van der Waals surface area (Å²) in [5, 5.41) is 0. The molecule has 0 spiro atoms. The van der Waals surface area contributed by atoms with Gasteiger partial charge in [0.1, 0.15) is 13.2 Å². The third kappa shape index (κ3) is 12.7. The summed E-state index contributed by atoms with van der Waals surface area (Å²) in [6.07, 6.45) is 7.12. The third-order valence-corrected chi connectivity index (χ3v) is 2.43. The molecule has 0 aromatic carbocycles. The van der Waals surface area contributed by atoms with Gasteiger partial charge in [0.25, 0.3) is 0 Å². The van der Waals surface area contributed by atoms with Gasteiger partial charge in [-0.3, -0.25) is 0 Å². The minimum atomic E-state index is -0.719. The van der Waals surface area contributed by atoms with Crippen LogP contribution in [0.25, 0.3) is 0 Å². The molecule has 0 aliphatic carbocycles. The lowest BCUT2D eigenvalue weighted by Crippen LogP contribution is -2.14. The zero-order chi connectivity index (χ0) is 14.3. The summed E-state index contributed by atoms with van der Waals surface area (Å²) in [6, 6.07) is 0. The SMILES string of the molecule is C=CC(=O)OCCOC(=O)OCCCCCCCC. The molecule has 5 nitrogen and oxygen atoms in total. The van der Waals surface area contributed by atoms with Crippen molar-refractivity contribution in [3.63, 3.8) is 0 Å². The highest BCUT2D eigenvalue weighted by Crippen LogP contribution is 2.05. The molecule has 0 heterocycles. The van der Waals surface area contributed by atoms with Crippen LogP contribution in [0.2, 0.25) is 0 Å². The van der Waals surface area contributed by atoms with E-state index in [0.29, 0.717) is 6.61 Å². The van der Waals surface area contributed by atoms with Gasteiger partial charge in [0.2, 0.25) is 0 Å². The largest absolute Gasteiger partial charge is 0.508 e. The Hall–Kier alpha value is -1.52. The van der Waals surface area contributed by atoms with Crippen LogP contribution in [-0.4, -0.2) is 31.9 Å². The van der Waals surface area contributed by atoms with Crippen LogP contribution in [0.15, 0.2) is 12.7 Å². The average molecular weight is 272 g/mol. The van der Waals surface area contributed by atoms with Gasteiger partial charge in [-0.1, -0.05) is 45.6 Å². The van der Waals surface area contributed by atoms with Crippen LogP contribution in [0.5, 0.6) is 0 Å². The maximum Gasteiger partial charge on any atom is 0.508 e. The van der Waals surface area contributed by atoms with Crippen LogP contribution < -0.4 is 0 Å². The number of esters is 1. The molecule has 0 unspecified atom stereocenters. The first kappa shape index (κ1) is 17.5. The second kappa shape index (κ2) is 12.9. The summed E-state index contributed by atoms with van der Waals surface area (Å²) >= 11 is 0. The van der Waals surface area contributed by atoms with Crippen LogP contribution >= 0.6 is 0 Å². The molecule has 0 saturated heterocycles. The summed E-state index contributed by atoms with van der Waals surface area (Å²) in [7, 11) is 0. The molecular weight excluding hydrogens is 248 g/mol. The van der Waals surface area contributed by atoms with Crippen molar-refractivity contribution in [3.8, 4) is 0 Å². The van der Waals surface area contributed by atoms with E-state index in [2.05, 4.69) is 18.2 Å². The molecule has 0 saturated carbocycles. The molecule has 0 N–H and O–H groups in total. The van der Waals surface area contributed by atoms with Crippen LogP contribution in [0.1, 0.15) is 45.4 Å². The molecule has 0 atom stereocenters. The Morgan fingerprint density at radius 3 is 2.16 bits per heavy atom. The molecular formula is C14H24O5. The van der Waals surface area contributed by atoms with Gasteiger partial charge >= 0.3 is 12.1 Å². The first-order valence-electron chi connectivity index (χ1n) is 6.79. The number of ether oxygens (including phenoxy) is 3. The standard InChI is InChI=1S/C14H24O5/c1-3-5-6-7-8-9-10-18-14(16)19-12-11-17-13(15)4-2/h4H,2-3,5-12H2,1H3. The van der Waals surface area contributed by atoms with Crippen molar-refractivity contribution in [2.45, 2.75) is 45.4 Å². The quantitative estimate of drug-likeness (QED) is 0.328. The van der Waals surface area contributed by atoms with Crippen molar-refractivity contribution in [1.29, 1.82) is 0 Å². The van der Waals surface area contributed by atoms with E-state index in [0.717, 1.165) is 18.9 Å². The molecule has 0 aromatic heterocycles. The second-order valence-electron chi connectivity index (χ2n) is 4.09. The smallest absolute Gasteiger partial charge is 0.459 e. The van der Waals surface area contributed by atoms with Gasteiger partial charge in [0, 0.05) is 6.08 Å². The van der Waals surface area contributed by atoms with E-state index in [-0.39, 0.29) is 13.2 Å². The van der Waals surface area contributed by atoms with Crippen molar-refractivity contribution in [1.82, 2.24) is 0 Å². The molecule has 110 valence electrons. The zero-order valence-electron chi connectivity index (χ0n) is 11.7. The summed E-state index contributed by atoms with van der Waals surface area (Å²) < 4.78 is 14.2. The lowest BCUT2D eigenvalue weighted by Gasteiger charge is -2.06. The van der Waals surface area contributed by atoms with E-state index in [1.165, 1.54) is 25.7 Å². The topological polar surface area (TPSA) is 61.8 Å². The Balaban J connectivity index is 3.25. The molecule has 5 heteroatoms. The molecule has 0 radical (unpaired) electrons. The van der Waals surface area contributed by atoms with Gasteiger partial charge in [-0.2, -0.15) is 0 Å². The molecule has 0 aromatic rings. The summed E-state index contributed by atoms with van der Waals surface area (Å²) in [6.45, 7) is 5.79. The highest BCUT2D eigenvalue weighted by molar-refractivity contribution is 5.81. The summed E-state index contributed by atoms with van der Waals surface area (Å²) in [5.74, 6) is -0.538. The van der Waals surface area contributed by atoms with Crippen LogP contribution in [0.4, 0.5) is 4.79 Å². The normalized spacial score (nSPS) is 9.74. The molecule has 0 fully saturated rings. The van der Waals surface area contributed by atoms with E-state index < -0.39 is 12.1 Å². The van der Waals surface area contributed by atoms with Gasteiger partial charge in [0.05, 0.1) is 6.61 Å². The highest BCUT2D eigenvalue weighted by atomic mass is 16.7. The Labute approximate surface area is 114 Å². The van der Waals surface area contributed by atoms with E-state index >= 15 is 0 Å². The molecule has 0 bridgehead atoms. The molecule has 0 rings (SSSR count). The predicted molar refractivity (Wildman–Crippen MR) is 71.8 cm³/mol. The number of carbonyl (C=O) groups is 2. The van der Waals surface area contributed by atoms with Crippen molar-refractivity contribution in [2.75, 3.05) is 19.8 Å². The van der Waals surface area contributed by atoms with E-state index in [9.17, 15) is 9.59 Å². The van der Waals surface area contributed by atoms with Crippen LogP contribution in [0, 0.1) is 0 Å². The number of hydrogen-bond donors (Lipinski definition) is 0. The Morgan fingerprint density at radius 1 is 0.895 bits per heavy atom. The fourth-order valence-electron chi connectivity index (χ4n) is 1.41. The maximum absolute atomic E-state index is 11.1. The second-order valence-corrected chi connectivity index (χ2v) is 4.09. The fraction of sp³-hybridized carbons (Fsp3) is 0.714. The van der Waals surface area contributed by atoms with Gasteiger partial charge in [-0.25, -0.2) is 9.59 Å². The lowest BCUT2D eigenvalue weighted by molar-refractivity contribution is -0.139.